The zero-order valence-electron chi connectivity index (χ0n) is 8.60. The van der Waals surface area contributed by atoms with Crippen LogP contribution < -0.4 is 0 Å². The number of hydrogen-bond donors (Lipinski definition) is 0. The Morgan fingerprint density at radius 3 is 2.79 bits per heavy atom. The lowest BCUT2D eigenvalue weighted by atomic mass is 10.2. The van der Waals surface area contributed by atoms with Gasteiger partial charge in [0.15, 0.2) is 12.1 Å². The van der Waals surface area contributed by atoms with Gasteiger partial charge in [0.25, 0.3) is 0 Å². The summed E-state index contributed by atoms with van der Waals surface area (Å²) in [6, 6.07) is 0. The monoisotopic (exact) mass is 196 g/mol. The number of rotatable bonds is 2. The molecule has 0 aromatic carbocycles. The zero-order chi connectivity index (χ0) is 10.2. The van der Waals surface area contributed by atoms with E-state index >= 15 is 0 Å². The van der Waals surface area contributed by atoms with Crippen molar-refractivity contribution in [1.29, 1.82) is 0 Å². The molecule has 0 aliphatic carbocycles. The van der Waals surface area contributed by atoms with Gasteiger partial charge in [-0.15, -0.1) is 0 Å². The van der Waals surface area contributed by atoms with Gasteiger partial charge in [0, 0.05) is 6.42 Å². The van der Waals surface area contributed by atoms with Crippen LogP contribution in [-0.4, -0.2) is 24.3 Å². The van der Waals surface area contributed by atoms with Crippen LogP contribution in [0.3, 0.4) is 0 Å². The Morgan fingerprint density at radius 1 is 1.36 bits per heavy atom. The third-order valence-corrected chi connectivity index (χ3v) is 2.37. The third kappa shape index (κ3) is 1.90. The van der Waals surface area contributed by atoms with Crippen molar-refractivity contribution < 1.29 is 14.2 Å². The third-order valence-electron chi connectivity index (χ3n) is 2.37. The molecule has 0 bridgehead atoms. The van der Waals surface area contributed by atoms with Crippen LogP contribution in [0.2, 0.25) is 0 Å². The number of fused-ring (bicyclic) bond motifs is 1. The van der Waals surface area contributed by atoms with Crippen LogP contribution >= 0.6 is 0 Å². The second kappa shape index (κ2) is 3.50. The predicted molar refractivity (Wildman–Crippen MR) is 52.7 cm³/mol. The van der Waals surface area contributed by atoms with Gasteiger partial charge in [-0.05, 0) is 13.8 Å². The summed E-state index contributed by atoms with van der Waals surface area (Å²) in [6.45, 7) is 7.42. The normalized spacial score (nSPS) is 40.3. The molecule has 2 rings (SSSR count). The second-order valence-corrected chi connectivity index (χ2v) is 4.07. The summed E-state index contributed by atoms with van der Waals surface area (Å²) >= 11 is 0. The van der Waals surface area contributed by atoms with E-state index in [0.717, 1.165) is 6.42 Å². The Hall–Kier alpha value is -0.640. The van der Waals surface area contributed by atoms with Gasteiger partial charge in [0.2, 0.25) is 0 Å². The average molecular weight is 196 g/mol. The van der Waals surface area contributed by atoms with Gasteiger partial charge in [-0.2, -0.15) is 0 Å². The summed E-state index contributed by atoms with van der Waals surface area (Å²) in [6.07, 6.45) is 6.43. The quantitative estimate of drug-likeness (QED) is 0.632. The molecule has 3 heteroatoms. The van der Waals surface area contributed by atoms with Crippen molar-refractivity contribution in [3.05, 3.63) is 24.8 Å². The molecule has 0 saturated carbocycles. The first-order valence-corrected chi connectivity index (χ1v) is 4.91. The van der Waals surface area contributed by atoms with Crippen molar-refractivity contribution in [3.63, 3.8) is 0 Å². The van der Waals surface area contributed by atoms with E-state index in [4.69, 9.17) is 14.2 Å². The van der Waals surface area contributed by atoms with Gasteiger partial charge in [0.1, 0.15) is 6.10 Å². The Kier molecular flexibility index (Phi) is 2.47. The highest BCUT2D eigenvalue weighted by Crippen LogP contribution is 2.37. The van der Waals surface area contributed by atoms with Crippen LogP contribution in [-0.2, 0) is 14.2 Å². The Balaban J connectivity index is 1.93. The van der Waals surface area contributed by atoms with Crippen LogP contribution in [0.15, 0.2) is 24.8 Å². The maximum Gasteiger partial charge on any atom is 0.187 e. The minimum atomic E-state index is -0.498. The molecule has 3 atom stereocenters. The summed E-state index contributed by atoms with van der Waals surface area (Å²) in [5.41, 5.74) is 0. The number of ether oxygens (including phenoxy) is 3. The molecular weight excluding hydrogens is 180 g/mol. The molecule has 2 fully saturated rings. The lowest BCUT2D eigenvalue weighted by Crippen LogP contribution is -2.24. The zero-order valence-corrected chi connectivity index (χ0v) is 8.60. The fourth-order valence-corrected chi connectivity index (χ4v) is 1.86. The highest BCUT2D eigenvalue weighted by Gasteiger charge is 2.47. The summed E-state index contributed by atoms with van der Waals surface area (Å²) in [5.74, 6) is -0.498. The van der Waals surface area contributed by atoms with E-state index in [-0.39, 0.29) is 18.5 Å². The van der Waals surface area contributed by atoms with Gasteiger partial charge in [-0.25, -0.2) is 0 Å². The van der Waals surface area contributed by atoms with Crippen molar-refractivity contribution in [2.24, 2.45) is 0 Å². The van der Waals surface area contributed by atoms with Gasteiger partial charge in [0.05, 0.1) is 6.10 Å². The summed E-state index contributed by atoms with van der Waals surface area (Å²) in [5, 5.41) is 0. The van der Waals surface area contributed by atoms with Crippen molar-refractivity contribution in [2.45, 2.75) is 44.6 Å². The molecular formula is C11H16O3. The maximum absolute atomic E-state index is 5.68. The molecule has 0 spiro atoms. The molecule has 2 aliphatic rings. The Morgan fingerprint density at radius 2 is 2.14 bits per heavy atom. The average Bonchev–Trinajstić information content (AvgIpc) is 2.53. The number of hydrogen-bond acceptors (Lipinski definition) is 3. The van der Waals surface area contributed by atoms with Crippen LogP contribution in [0.4, 0.5) is 0 Å². The van der Waals surface area contributed by atoms with Crippen LogP contribution in [0.1, 0.15) is 20.3 Å². The van der Waals surface area contributed by atoms with Crippen LogP contribution in [0.5, 0.6) is 0 Å². The first kappa shape index (κ1) is 9.90. The predicted octanol–water partition coefficient (Wildman–Crippen LogP) is 2.00. The highest BCUT2D eigenvalue weighted by atomic mass is 16.8. The first-order chi connectivity index (χ1) is 6.61. The van der Waals surface area contributed by atoms with E-state index in [2.05, 4.69) is 6.58 Å². The van der Waals surface area contributed by atoms with E-state index in [9.17, 15) is 0 Å². The molecule has 0 unspecified atom stereocenters. The minimum absolute atomic E-state index is 0.0736. The van der Waals surface area contributed by atoms with E-state index < -0.39 is 5.79 Å². The Bertz CT molecular complexity index is 241. The second-order valence-electron chi connectivity index (χ2n) is 4.07. The maximum atomic E-state index is 5.68. The van der Waals surface area contributed by atoms with E-state index in [1.807, 2.05) is 26.0 Å². The summed E-state index contributed by atoms with van der Waals surface area (Å²) in [4.78, 5) is 0. The molecule has 2 aliphatic heterocycles. The summed E-state index contributed by atoms with van der Waals surface area (Å²) in [7, 11) is 0. The van der Waals surface area contributed by atoms with Crippen molar-refractivity contribution >= 4 is 0 Å². The van der Waals surface area contributed by atoms with E-state index in [1.54, 1.807) is 6.08 Å². The molecule has 0 amide bonds. The smallest absolute Gasteiger partial charge is 0.187 e. The lowest BCUT2D eigenvalue weighted by Gasteiger charge is -2.19. The van der Waals surface area contributed by atoms with Gasteiger partial charge >= 0.3 is 0 Å². The lowest BCUT2D eigenvalue weighted by molar-refractivity contribution is -0.199. The minimum Gasteiger partial charge on any atom is -0.342 e. The fraction of sp³-hybridized carbons (Fsp3) is 0.636. The van der Waals surface area contributed by atoms with Gasteiger partial charge < -0.3 is 14.2 Å². The molecule has 0 aromatic rings. The van der Waals surface area contributed by atoms with E-state index in [1.165, 1.54) is 0 Å². The SMILES string of the molecule is C=C/C=C/[C@@H]1C[C@H]2OC(C)(C)O[C@H]2O1. The molecule has 2 saturated heterocycles. The summed E-state index contributed by atoms with van der Waals surface area (Å²) < 4.78 is 16.9. The first-order valence-electron chi connectivity index (χ1n) is 4.91. The van der Waals surface area contributed by atoms with Crippen LogP contribution in [0.25, 0.3) is 0 Å². The topological polar surface area (TPSA) is 27.7 Å². The van der Waals surface area contributed by atoms with Gasteiger partial charge in [-0.1, -0.05) is 24.8 Å². The fourth-order valence-electron chi connectivity index (χ4n) is 1.86. The Labute approximate surface area is 84.3 Å². The molecule has 0 aromatic heterocycles. The molecule has 2 heterocycles. The highest BCUT2D eigenvalue weighted by molar-refractivity contribution is 5.04. The molecule has 3 nitrogen and oxygen atoms in total. The van der Waals surface area contributed by atoms with Crippen LogP contribution in [0, 0.1) is 0 Å². The van der Waals surface area contributed by atoms with Crippen molar-refractivity contribution in [1.82, 2.24) is 0 Å². The molecule has 14 heavy (non-hydrogen) atoms. The number of allylic oxidation sites excluding steroid dienone is 2. The van der Waals surface area contributed by atoms with Crippen molar-refractivity contribution in [3.8, 4) is 0 Å². The standard InChI is InChI=1S/C11H16O3/c1-4-5-6-8-7-9-10(12-8)14-11(2,3)13-9/h4-6,8-10H,1,7H2,2-3H3/b6-5+/t8-,9-,10-/m1/s1. The van der Waals surface area contributed by atoms with E-state index in [0.29, 0.717) is 0 Å². The largest absolute Gasteiger partial charge is 0.342 e. The molecule has 0 radical (unpaired) electrons. The van der Waals surface area contributed by atoms with Crippen molar-refractivity contribution in [2.75, 3.05) is 0 Å². The molecule has 78 valence electrons. The van der Waals surface area contributed by atoms with Gasteiger partial charge in [-0.3, -0.25) is 0 Å². The molecule has 0 N–H and O–H groups in total.